The molecule has 1 heterocycles. The van der Waals surface area contributed by atoms with Crippen LogP contribution in [0.1, 0.15) is 26.4 Å². The number of amides is 1. The summed E-state index contributed by atoms with van der Waals surface area (Å²) in [5.41, 5.74) is 3.48. The van der Waals surface area contributed by atoms with Gasteiger partial charge in [-0.25, -0.2) is 4.79 Å². The molecule has 5 heteroatoms. The number of hydrogen-bond acceptors (Lipinski definition) is 3. The zero-order chi connectivity index (χ0) is 15.4. The predicted octanol–water partition coefficient (Wildman–Crippen LogP) is 3.72. The van der Waals surface area contributed by atoms with E-state index in [9.17, 15) is 9.59 Å². The van der Waals surface area contributed by atoms with Gasteiger partial charge in [-0.15, -0.1) is 11.3 Å². The third-order valence-electron chi connectivity index (χ3n) is 2.79. The van der Waals surface area contributed by atoms with Crippen molar-refractivity contribution in [1.82, 2.24) is 0 Å². The highest BCUT2D eigenvalue weighted by atomic mass is 32.1. The number of anilines is 1. The molecule has 0 fully saturated rings. The fourth-order valence-corrected chi connectivity index (χ4v) is 2.81. The third kappa shape index (κ3) is 4.03. The van der Waals surface area contributed by atoms with Crippen molar-refractivity contribution >= 4 is 35.0 Å². The fourth-order valence-electron chi connectivity index (χ4n) is 2.03. The molecule has 2 rings (SSSR count). The van der Waals surface area contributed by atoms with E-state index >= 15 is 0 Å². The van der Waals surface area contributed by atoms with Gasteiger partial charge in [-0.3, -0.25) is 4.79 Å². The number of nitrogens with one attached hydrogen (secondary N) is 1. The Kier molecular flexibility index (Phi) is 4.55. The first-order valence-corrected chi connectivity index (χ1v) is 7.22. The lowest BCUT2D eigenvalue weighted by molar-refractivity contribution is -0.131. The third-order valence-corrected chi connectivity index (χ3v) is 3.72. The lowest BCUT2D eigenvalue weighted by atomic mass is 10.1. The van der Waals surface area contributed by atoms with Crippen molar-refractivity contribution in [2.75, 3.05) is 5.32 Å². The first-order valence-electron chi connectivity index (χ1n) is 6.34. The summed E-state index contributed by atoms with van der Waals surface area (Å²) in [6, 6.07) is 7.54. The second kappa shape index (κ2) is 6.37. The van der Waals surface area contributed by atoms with E-state index in [4.69, 9.17) is 5.11 Å². The van der Waals surface area contributed by atoms with E-state index in [2.05, 4.69) is 5.32 Å². The zero-order valence-corrected chi connectivity index (χ0v) is 12.5. The molecule has 2 N–H and O–H groups in total. The summed E-state index contributed by atoms with van der Waals surface area (Å²) >= 11 is 1.28. The number of thiophene rings is 1. The Morgan fingerprint density at radius 2 is 1.86 bits per heavy atom. The number of aryl methyl sites for hydroxylation is 2. The lowest BCUT2D eigenvalue weighted by Crippen LogP contribution is -2.11. The first kappa shape index (κ1) is 15.0. The summed E-state index contributed by atoms with van der Waals surface area (Å²) in [5.74, 6) is -1.28. The highest BCUT2D eigenvalue weighted by Crippen LogP contribution is 2.21. The van der Waals surface area contributed by atoms with Crippen molar-refractivity contribution < 1.29 is 14.7 Å². The van der Waals surface area contributed by atoms with Gasteiger partial charge in [0.1, 0.15) is 0 Å². The largest absolute Gasteiger partial charge is 0.478 e. The summed E-state index contributed by atoms with van der Waals surface area (Å²) in [5, 5.41) is 13.3. The lowest BCUT2D eigenvalue weighted by Gasteiger charge is -2.07. The molecule has 0 atom stereocenters. The average molecular weight is 301 g/mol. The van der Waals surface area contributed by atoms with Gasteiger partial charge in [0.2, 0.25) is 0 Å². The second-order valence-corrected chi connectivity index (χ2v) is 5.62. The van der Waals surface area contributed by atoms with Gasteiger partial charge in [0, 0.05) is 11.8 Å². The molecule has 0 aliphatic carbocycles. The normalized spacial score (nSPS) is 10.8. The summed E-state index contributed by atoms with van der Waals surface area (Å²) in [6.07, 6.45) is 2.45. The summed E-state index contributed by atoms with van der Waals surface area (Å²) in [4.78, 5) is 23.3. The van der Waals surface area contributed by atoms with Crippen molar-refractivity contribution in [3.8, 4) is 0 Å². The van der Waals surface area contributed by atoms with Crippen molar-refractivity contribution in [2.45, 2.75) is 13.8 Å². The molecule has 108 valence electrons. The molecule has 0 radical (unpaired) electrons. The topological polar surface area (TPSA) is 66.4 Å². The Bertz CT molecular complexity index is 696. The molecule has 1 amide bonds. The number of carboxylic acid groups (broad SMARTS) is 1. The van der Waals surface area contributed by atoms with E-state index in [0.29, 0.717) is 10.4 Å². The number of aliphatic carboxylic acids is 1. The van der Waals surface area contributed by atoms with Crippen LogP contribution in [0.2, 0.25) is 0 Å². The van der Waals surface area contributed by atoms with Crippen molar-refractivity contribution in [1.29, 1.82) is 0 Å². The number of rotatable bonds is 4. The van der Waals surface area contributed by atoms with Gasteiger partial charge in [0.15, 0.2) is 0 Å². The number of carbonyl (C=O) groups excluding carboxylic acids is 1. The molecular formula is C16H15NO3S. The number of hydrogen-bond donors (Lipinski definition) is 2. The Labute approximate surface area is 126 Å². The quantitative estimate of drug-likeness (QED) is 0.846. The van der Waals surface area contributed by atoms with E-state index in [1.165, 1.54) is 17.4 Å². The van der Waals surface area contributed by atoms with Crippen molar-refractivity contribution in [2.24, 2.45) is 0 Å². The highest BCUT2D eigenvalue weighted by Gasteiger charge is 2.12. The van der Waals surface area contributed by atoms with E-state index in [1.807, 2.05) is 32.0 Å². The van der Waals surface area contributed by atoms with Crippen LogP contribution < -0.4 is 5.32 Å². The zero-order valence-electron chi connectivity index (χ0n) is 11.7. The van der Waals surface area contributed by atoms with Crippen LogP contribution in [0.3, 0.4) is 0 Å². The predicted molar refractivity (Wildman–Crippen MR) is 84.9 cm³/mol. The molecular weight excluding hydrogens is 286 g/mol. The molecule has 0 aliphatic rings. The van der Waals surface area contributed by atoms with Crippen LogP contribution in [-0.2, 0) is 4.79 Å². The molecule has 0 saturated heterocycles. The molecule has 21 heavy (non-hydrogen) atoms. The minimum absolute atomic E-state index is 0.236. The Morgan fingerprint density at radius 3 is 2.48 bits per heavy atom. The molecule has 1 aromatic carbocycles. The molecule has 0 aliphatic heterocycles. The summed E-state index contributed by atoms with van der Waals surface area (Å²) < 4.78 is 0. The SMILES string of the molecule is Cc1cc(C)cc(NC(=O)c2sccc2C=CC(=O)O)c1. The Morgan fingerprint density at radius 1 is 1.19 bits per heavy atom. The van der Waals surface area contributed by atoms with E-state index in [-0.39, 0.29) is 5.91 Å². The minimum atomic E-state index is -1.04. The smallest absolute Gasteiger partial charge is 0.328 e. The molecule has 0 bridgehead atoms. The van der Waals surface area contributed by atoms with E-state index < -0.39 is 5.97 Å². The number of carboxylic acids is 1. The Hall–Kier alpha value is -2.40. The van der Waals surface area contributed by atoms with Crippen LogP contribution in [0, 0.1) is 13.8 Å². The molecule has 4 nitrogen and oxygen atoms in total. The maximum Gasteiger partial charge on any atom is 0.328 e. The molecule has 0 saturated carbocycles. The molecule has 0 unspecified atom stereocenters. The number of benzene rings is 1. The van der Waals surface area contributed by atoms with Crippen LogP contribution in [0.4, 0.5) is 5.69 Å². The minimum Gasteiger partial charge on any atom is -0.478 e. The van der Waals surface area contributed by atoms with Crippen LogP contribution in [0.25, 0.3) is 6.08 Å². The first-order chi connectivity index (χ1) is 9.95. The second-order valence-electron chi connectivity index (χ2n) is 4.71. The highest BCUT2D eigenvalue weighted by molar-refractivity contribution is 7.12. The molecule has 0 spiro atoms. The van der Waals surface area contributed by atoms with Gasteiger partial charge in [0.25, 0.3) is 5.91 Å². The van der Waals surface area contributed by atoms with Gasteiger partial charge < -0.3 is 10.4 Å². The molecule has 1 aromatic heterocycles. The Balaban J connectivity index is 2.21. The summed E-state index contributed by atoms with van der Waals surface area (Å²) in [6.45, 7) is 3.93. The standard InChI is InChI=1S/C16H15NO3S/c1-10-7-11(2)9-13(8-10)17-16(20)15-12(5-6-21-15)3-4-14(18)19/h3-9H,1-2H3,(H,17,20)(H,18,19). The molecule has 2 aromatic rings. The monoisotopic (exact) mass is 301 g/mol. The van der Waals surface area contributed by atoms with Crippen molar-refractivity contribution in [3.05, 3.63) is 57.3 Å². The van der Waals surface area contributed by atoms with Crippen LogP contribution >= 0.6 is 11.3 Å². The average Bonchev–Trinajstić information content (AvgIpc) is 2.83. The number of carbonyl (C=O) groups is 2. The van der Waals surface area contributed by atoms with Crippen molar-refractivity contribution in [3.63, 3.8) is 0 Å². The van der Waals surface area contributed by atoms with E-state index in [1.54, 1.807) is 11.4 Å². The maximum atomic E-state index is 12.3. The van der Waals surface area contributed by atoms with Crippen LogP contribution in [0.15, 0.2) is 35.7 Å². The summed E-state index contributed by atoms with van der Waals surface area (Å²) in [7, 11) is 0. The van der Waals surface area contributed by atoms with Gasteiger partial charge in [0.05, 0.1) is 4.88 Å². The van der Waals surface area contributed by atoms with Crippen LogP contribution in [0.5, 0.6) is 0 Å². The van der Waals surface area contributed by atoms with Crippen LogP contribution in [-0.4, -0.2) is 17.0 Å². The van der Waals surface area contributed by atoms with Gasteiger partial charge >= 0.3 is 5.97 Å². The fraction of sp³-hybridized carbons (Fsp3) is 0.125. The van der Waals surface area contributed by atoms with Gasteiger partial charge in [-0.05, 0) is 60.2 Å². The maximum absolute atomic E-state index is 12.3. The van der Waals surface area contributed by atoms with Gasteiger partial charge in [-0.2, -0.15) is 0 Å². The van der Waals surface area contributed by atoms with Gasteiger partial charge in [-0.1, -0.05) is 6.07 Å². The van der Waals surface area contributed by atoms with E-state index in [0.717, 1.165) is 22.9 Å².